The van der Waals surface area contributed by atoms with Crippen molar-refractivity contribution in [3.63, 3.8) is 0 Å². The van der Waals surface area contributed by atoms with Gasteiger partial charge in [-0.1, -0.05) is 60.7 Å². The third-order valence-corrected chi connectivity index (χ3v) is 4.28. The van der Waals surface area contributed by atoms with Crippen LogP contribution in [0.15, 0.2) is 84.9 Å². The van der Waals surface area contributed by atoms with E-state index in [1.165, 1.54) is 6.07 Å². The molecule has 0 radical (unpaired) electrons. The Hall–Kier alpha value is -3.64. The van der Waals surface area contributed by atoms with Crippen LogP contribution in [0.1, 0.15) is 26.3 Å². The van der Waals surface area contributed by atoms with E-state index in [2.05, 4.69) is 0 Å². The van der Waals surface area contributed by atoms with Gasteiger partial charge in [0, 0.05) is 0 Å². The highest BCUT2D eigenvalue weighted by Crippen LogP contribution is 2.13. The van der Waals surface area contributed by atoms with Gasteiger partial charge in [0.15, 0.2) is 0 Å². The van der Waals surface area contributed by atoms with Crippen molar-refractivity contribution in [1.82, 2.24) is 0 Å². The molecule has 0 heterocycles. The Labute approximate surface area is 181 Å². The van der Waals surface area contributed by atoms with E-state index in [1.807, 2.05) is 60.7 Å². The maximum Gasteiger partial charge on any atom is 0.339 e. The number of benzene rings is 3. The smallest absolute Gasteiger partial charge is 0.339 e. The molecular formula is C25H24O6. The first-order valence-corrected chi connectivity index (χ1v) is 9.97. The molecule has 31 heavy (non-hydrogen) atoms. The average molecular weight is 420 g/mol. The molecule has 3 rings (SSSR count). The molecule has 3 aromatic rings. The van der Waals surface area contributed by atoms with Gasteiger partial charge in [-0.2, -0.15) is 0 Å². The van der Waals surface area contributed by atoms with Crippen LogP contribution in [0.4, 0.5) is 0 Å². The second-order valence-electron chi connectivity index (χ2n) is 6.52. The number of esters is 2. The molecule has 0 spiro atoms. The van der Waals surface area contributed by atoms with Crippen LogP contribution < -0.4 is 4.74 Å². The zero-order valence-corrected chi connectivity index (χ0v) is 17.1. The van der Waals surface area contributed by atoms with Crippen molar-refractivity contribution in [3.05, 3.63) is 102 Å². The third-order valence-electron chi connectivity index (χ3n) is 4.28. The van der Waals surface area contributed by atoms with Crippen molar-refractivity contribution in [3.8, 4) is 5.75 Å². The standard InChI is InChI=1S/C25H24O6/c26-24(30-18-16-28-15-17-29-21-11-5-2-6-12-21)22-13-7-8-14-23(22)25(27)31-19-20-9-3-1-4-10-20/h1-14H,15-19H2. The Balaban J connectivity index is 1.40. The van der Waals surface area contributed by atoms with E-state index in [0.717, 1.165) is 11.3 Å². The molecule has 0 atom stereocenters. The van der Waals surface area contributed by atoms with Gasteiger partial charge in [0.1, 0.15) is 25.6 Å². The minimum atomic E-state index is -0.601. The Morgan fingerprint density at radius 1 is 0.581 bits per heavy atom. The summed E-state index contributed by atoms with van der Waals surface area (Å²) in [6.07, 6.45) is 0. The van der Waals surface area contributed by atoms with E-state index in [1.54, 1.807) is 18.2 Å². The Morgan fingerprint density at radius 3 is 1.81 bits per heavy atom. The number of carbonyl (C=O) groups excluding carboxylic acids is 2. The van der Waals surface area contributed by atoms with Gasteiger partial charge < -0.3 is 18.9 Å². The first-order valence-electron chi connectivity index (χ1n) is 9.97. The van der Waals surface area contributed by atoms with Gasteiger partial charge >= 0.3 is 11.9 Å². The number of carbonyl (C=O) groups is 2. The van der Waals surface area contributed by atoms with Crippen molar-refractivity contribution >= 4 is 11.9 Å². The molecule has 0 N–H and O–H groups in total. The van der Waals surface area contributed by atoms with Gasteiger partial charge in [0.25, 0.3) is 0 Å². The Morgan fingerprint density at radius 2 is 1.13 bits per heavy atom. The minimum absolute atomic E-state index is 0.0670. The van der Waals surface area contributed by atoms with Crippen molar-refractivity contribution in [2.45, 2.75) is 6.61 Å². The molecule has 0 amide bonds. The van der Waals surface area contributed by atoms with Crippen molar-refractivity contribution in [2.75, 3.05) is 26.4 Å². The van der Waals surface area contributed by atoms with Gasteiger partial charge in [-0.05, 0) is 29.8 Å². The molecule has 0 bridgehead atoms. The highest BCUT2D eigenvalue weighted by atomic mass is 16.6. The molecule has 0 aliphatic rings. The highest BCUT2D eigenvalue weighted by molar-refractivity contribution is 6.03. The van der Waals surface area contributed by atoms with Crippen LogP contribution in [-0.2, 0) is 20.8 Å². The SMILES string of the molecule is O=C(OCCOCCOc1ccccc1)c1ccccc1C(=O)OCc1ccccc1. The van der Waals surface area contributed by atoms with E-state index in [0.29, 0.717) is 13.2 Å². The van der Waals surface area contributed by atoms with E-state index < -0.39 is 11.9 Å². The summed E-state index contributed by atoms with van der Waals surface area (Å²) in [6, 6.07) is 25.2. The predicted molar refractivity (Wildman–Crippen MR) is 115 cm³/mol. The van der Waals surface area contributed by atoms with E-state index >= 15 is 0 Å². The normalized spacial score (nSPS) is 10.3. The van der Waals surface area contributed by atoms with Crippen LogP contribution >= 0.6 is 0 Å². The van der Waals surface area contributed by atoms with Gasteiger partial charge in [-0.3, -0.25) is 0 Å². The van der Waals surface area contributed by atoms with Crippen LogP contribution in [0, 0.1) is 0 Å². The molecule has 160 valence electrons. The van der Waals surface area contributed by atoms with Crippen molar-refractivity contribution in [2.24, 2.45) is 0 Å². The van der Waals surface area contributed by atoms with Crippen LogP contribution in [0.25, 0.3) is 0 Å². The Kier molecular flexibility index (Phi) is 8.64. The summed E-state index contributed by atoms with van der Waals surface area (Å²) in [5, 5.41) is 0. The molecule has 0 saturated carbocycles. The van der Waals surface area contributed by atoms with Crippen LogP contribution in [0.2, 0.25) is 0 Å². The van der Waals surface area contributed by atoms with Crippen LogP contribution in [0.5, 0.6) is 5.75 Å². The molecule has 0 aliphatic carbocycles. The molecular weight excluding hydrogens is 396 g/mol. The summed E-state index contributed by atoms with van der Waals surface area (Å²) in [5.41, 5.74) is 1.19. The lowest BCUT2D eigenvalue weighted by atomic mass is 10.1. The molecule has 3 aromatic carbocycles. The van der Waals surface area contributed by atoms with Crippen molar-refractivity contribution < 1.29 is 28.5 Å². The van der Waals surface area contributed by atoms with Crippen molar-refractivity contribution in [1.29, 1.82) is 0 Å². The third kappa shape index (κ3) is 7.28. The maximum absolute atomic E-state index is 12.4. The lowest BCUT2D eigenvalue weighted by Gasteiger charge is -2.10. The number of ether oxygens (including phenoxy) is 4. The first-order chi connectivity index (χ1) is 15.2. The van der Waals surface area contributed by atoms with Gasteiger partial charge in [-0.25, -0.2) is 9.59 Å². The molecule has 0 saturated heterocycles. The number of rotatable bonds is 11. The number of para-hydroxylation sites is 1. The minimum Gasteiger partial charge on any atom is -0.491 e. The van der Waals surface area contributed by atoms with E-state index in [-0.39, 0.29) is 30.9 Å². The highest BCUT2D eigenvalue weighted by Gasteiger charge is 2.19. The summed E-state index contributed by atoms with van der Waals surface area (Å²) < 4.78 is 21.5. The first kappa shape index (κ1) is 22.1. The molecule has 6 heteroatoms. The Bertz CT molecular complexity index is 956. The van der Waals surface area contributed by atoms with Gasteiger partial charge in [0.05, 0.1) is 24.3 Å². The fourth-order valence-corrected chi connectivity index (χ4v) is 2.75. The summed E-state index contributed by atoms with van der Waals surface area (Å²) in [4.78, 5) is 24.8. The van der Waals surface area contributed by atoms with E-state index in [4.69, 9.17) is 18.9 Å². The molecule has 0 unspecified atom stereocenters. The topological polar surface area (TPSA) is 71.1 Å². The van der Waals surface area contributed by atoms with Gasteiger partial charge in [0.2, 0.25) is 0 Å². The summed E-state index contributed by atoms with van der Waals surface area (Å²) >= 11 is 0. The predicted octanol–water partition coefficient (Wildman–Crippen LogP) is 4.30. The quantitative estimate of drug-likeness (QED) is 0.340. The monoisotopic (exact) mass is 420 g/mol. The summed E-state index contributed by atoms with van der Waals surface area (Å²) in [7, 11) is 0. The number of hydrogen-bond acceptors (Lipinski definition) is 6. The second kappa shape index (κ2) is 12.1. The summed E-state index contributed by atoms with van der Waals surface area (Å²) in [6.45, 7) is 1.19. The fourth-order valence-electron chi connectivity index (χ4n) is 2.75. The second-order valence-corrected chi connectivity index (χ2v) is 6.52. The molecule has 0 fully saturated rings. The van der Waals surface area contributed by atoms with Crippen LogP contribution in [-0.4, -0.2) is 38.4 Å². The molecule has 6 nitrogen and oxygen atoms in total. The van der Waals surface area contributed by atoms with Gasteiger partial charge in [-0.15, -0.1) is 0 Å². The lowest BCUT2D eigenvalue weighted by Crippen LogP contribution is -2.17. The zero-order valence-electron chi connectivity index (χ0n) is 17.1. The molecule has 0 aromatic heterocycles. The largest absolute Gasteiger partial charge is 0.491 e. The fraction of sp³-hybridized carbons (Fsp3) is 0.200. The molecule has 0 aliphatic heterocycles. The summed E-state index contributed by atoms with van der Waals surface area (Å²) in [5.74, 6) is -0.407. The van der Waals surface area contributed by atoms with Crippen LogP contribution in [0.3, 0.4) is 0 Å². The van der Waals surface area contributed by atoms with E-state index in [9.17, 15) is 9.59 Å². The lowest BCUT2D eigenvalue weighted by molar-refractivity contribution is 0.0265. The number of hydrogen-bond donors (Lipinski definition) is 0. The maximum atomic E-state index is 12.4. The zero-order chi connectivity index (χ0) is 21.7. The average Bonchev–Trinajstić information content (AvgIpc) is 2.83.